The number of hydrogen-bond donors (Lipinski definition) is 1. The van der Waals surface area contributed by atoms with E-state index < -0.39 is 18.2 Å². The van der Waals surface area contributed by atoms with Crippen molar-refractivity contribution in [2.75, 3.05) is 5.73 Å². The molecule has 1 fully saturated rings. The molecule has 2 aliphatic rings. The van der Waals surface area contributed by atoms with Crippen LogP contribution in [-0.2, 0) is 4.74 Å². The maximum absolute atomic E-state index is 8.62. The molecule has 2 N–H and O–H groups in total. The van der Waals surface area contributed by atoms with E-state index in [0.29, 0.717) is 11.4 Å². The fourth-order valence-electron chi connectivity index (χ4n) is 4.05. The van der Waals surface area contributed by atoms with Crippen LogP contribution >= 0.6 is 0 Å². The Balaban J connectivity index is 2.10. The third-order valence-corrected chi connectivity index (χ3v) is 4.96. The van der Waals surface area contributed by atoms with Crippen molar-refractivity contribution < 1.29 is 10.2 Å². The molecule has 0 amide bonds. The van der Waals surface area contributed by atoms with Crippen molar-refractivity contribution in [3.63, 3.8) is 0 Å². The van der Waals surface area contributed by atoms with E-state index in [1.54, 1.807) is 6.07 Å². The lowest BCUT2D eigenvalue weighted by Gasteiger charge is -2.45. The molecule has 2 heterocycles. The summed E-state index contributed by atoms with van der Waals surface area (Å²) in [6.07, 6.45) is -0.797. The van der Waals surface area contributed by atoms with Crippen molar-refractivity contribution in [2.24, 2.45) is 5.41 Å². The van der Waals surface area contributed by atoms with Gasteiger partial charge in [0.2, 0.25) is 0 Å². The van der Waals surface area contributed by atoms with Crippen LogP contribution in [0.4, 0.5) is 5.69 Å². The van der Waals surface area contributed by atoms with Gasteiger partial charge in [-0.15, -0.1) is 0 Å². The second-order valence-corrected chi connectivity index (χ2v) is 9.41. The smallest absolute Gasteiger partial charge is 0.0891 e. The molecule has 3 rings (SSSR count). The van der Waals surface area contributed by atoms with Crippen LogP contribution in [0.3, 0.4) is 0 Å². The molecule has 0 spiro atoms. The van der Waals surface area contributed by atoms with Crippen LogP contribution in [0, 0.1) is 5.41 Å². The number of allylic oxidation sites excluding steroid dienone is 2. The molecule has 0 radical (unpaired) electrons. The Morgan fingerprint density at radius 3 is 2.44 bits per heavy atom. The normalized spacial score (nSPS) is 33.1. The van der Waals surface area contributed by atoms with Crippen LogP contribution in [0.1, 0.15) is 96.4 Å². The minimum absolute atomic E-state index is 0.0183. The van der Waals surface area contributed by atoms with Crippen LogP contribution in [0.15, 0.2) is 18.2 Å². The number of nitrogen functional groups attached to an aromatic ring is 1. The predicted molar refractivity (Wildman–Crippen MR) is 105 cm³/mol. The summed E-state index contributed by atoms with van der Waals surface area (Å²) >= 11 is 0. The molecule has 3 heteroatoms. The fourth-order valence-corrected chi connectivity index (χ4v) is 4.05. The first kappa shape index (κ1) is 13.8. The molecule has 1 aliphatic carbocycles. The number of pyridine rings is 1. The van der Waals surface area contributed by atoms with E-state index in [1.165, 1.54) is 0 Å². The van der Waals surface area contributed by atoms with Gasteiger partial charge in [0, 0.05) is 15.7 Å². The molecular formula is C22H34N2O. The summed E-state index contributed by atoms with van der Waals surface area (Å²) in [6, 6.07) is 3.66. The van der Waals surface area contributed by atoms with Gasteiger partial charge in [0.25, 0.3) is 0 Å². The summed E-state index contributed by atoms with van der Waals surface area (Å²) in [5.41, 5.74) is 6.73. The standard InChI is InChI=1S/C22H34N2O/c1-20(2)11-9-15(10-12-20)19-17(23)7-8-18(24-19)16-13-21(3,4)25-22(5,6)14-16/h7-9,16H,10-14,23H2,1-6H3/i9D,10D2,11D. The molecule has 138 valence electrons. The first-order chi connectivity index (χ1) is 13.0. The minimum Gasteiger partial charge on any atom is -0.397 e. The highest BCUT2D eigenvalue weighted by Crippen LogP contribution is 2.44. The predicted octanol–water partition coefficient (Wildman–Crippen LogP) is 5.71. The van der Waals surface area contributed by atoms with Gasteiger partial charge in [-0.25, -0.2) is 0 Å². The van der Waals surface area contributed by atoms with Gasteiger partial charge in [-0.1, -0.05) is 19.9 Å². The average Bonchev–Trinajstić information content (AvgIpc) is 2.50. The summed E-state index contributed by atoms with van der Waals surface area (Å²) < 4.78 is 40.5. The van der Waals surface area contributed by atoms with Gasteiger partial charge in [-0.3, -0.25) is 4.98 Å². The Labute approximate surface area is 158 Å². The lowest BCUT2D eigenvalue weighted by atomic mass is 9.77. The monoisotopic (exact) mass is 346 g/mol. The Hall–Kier alpha value is -1.35. The lowest BCUT2D eigenvalue weighted by Crippen LogP contribution is -2.44. The van der Waals surface area contributed by atoms with Crippen LogP contribution < -0.4 is 5.73 Å². The first-order valence-electron chi connectivity index (χ1n) is 11.2. The minimum atomic E-state index is -1.76. The summed E-state index contributed by atoms with van der Waals surface area (Å²) in [5, 5.41) is 0. The van der Waals surface area contributed by atoms with E-state index >= 15 is 0 Å². The molecule has 1 aliphatic heterocycles. The lowest BCUT2D eigenvalue weighted by molar-refractivity contribution is -0.162. The zero-order valence-electron chi connectivity index (χ0n) is 20.4. The maximum atomic E-state index is 8.62. The molecule has 0 bridgehead atoms. The van der Waals surface area contributed by atoms with E-state index in [4.69, 9.17) is 20.9 Å². The highest BCUT2D eigenvalue weighted by atomic mass is 16.5. The number of hydrogen-bond acceptors (Lipinski definition) is 3. The molecule has 25 heavy (non-hydrogen) atoms. The Morgan fingerprint density at radius 2 is 1.80 bits per heavy atom. The highest BCUT2D eigenvalue weighted by molar-refractivity contribution is 5.72. The summed E-state index contributed by atoms with van der Waals surface area (Å²) in [6.45, 7) is 12.0. The van der Waals surface area contributed by atoms with Gasteiger partial charge < -0.3 is 10.5 Å². The van der Waals surface area contributed by atoms with Crippen LogP contribution in [0.5, 0.6) is 0 Å². The van der Waals surface area contributed by atoms with Gasteiger partial charge in [0.05, 0.1) is 24.0 Å². The zero-order chi connectivity index (χ0) is 22.0. The molecule has 0 aromatic carbocycles. The van der Waals surface area contributed by atoms with Crippen molar-refractivity contribution in [3.8, 4) is 0 Å². The third-order valence-electron chi connectivity index (χ3n) is 4.96. The van der Waals surface area contributed by atoms with Crippen molar-refractivity contribution in [3.05, 3.63) is 29.6 Å². The van der Waals surface area contributed by atoms with Gasteiger partial charge in [0.1, 0.15) is 0 Å². The van der Waals surface area contributed by atoms with Crippen LogP contribution in [0.25, 0.3) is 5.57 Å². The zero-order valence-corrected chi connectivity index (χ0v) is 16.4. The summed E-state index contributed by atoms with van der Waals surface area (Å²) in [5.74, 6) is 0.153. The molecule has 1 aromatic heterocycles. The largest absolute Gasteiger partial charge is 0.397 e. The number of nitrogens with two attached hydrogens (primary N) is 1. The highest BCUT2D eigenvalue weighted by Gasteiger charge is 2.40. The fraction of sp³-hybridized carbons (Fsp3) is 0.682. The van der Waals surface area contributed by atoms with Crippen molar-refractivity contribution in [2.45, 2.75) is 90.7 Å². The quantitative estimate of drug-likeness (QED) is 0.746. The van der Waals surface area contributed by atoms with Crippen LogP contribution in [-0.4, -0.2) is 16.2 Å². The van der Waals surface area contributed by atoms with E-state index in [2.05, 4.69) is 27.7 Å². The average molecular weight is 347 g/mol. The molecule has 0 saturated carbocycles. The Morgan fingerprint density at radius 1 is 1.16 bits per heavy atom. The molecule has 3 nitrogen and oxygen atoms in total. The number of anilines is 1. The van der Waals surface area contributed by atoms with Gasteiger partial charge in [0.15, 0.2) is 0 Å². The number of nitrogens with zero attached hydrogens (tertiary/aromatic N) is 1. The molecule has 1 atom stereocenters. The van der Waals surface area contributed by atoms with Crippen LogP contribution in [0.2, 0.25) is 0 Å². The van der Waals surface area contributed by atoms with E-state index in [1.807, 2.05) is 19.9 Å². The molecular weight excluding hydrogens is 308 g/mol. The first-order valence-corrected chi connectivity index (χ1v) is 9.15. The van der Waals surface area contributed by atoms with E-state index in [0.717, 1.165) is 18.5 Å². The van der Waals surface area contributed by atoms with E-state index in [9.17, 15) is 0 Å². The number of aromatic nitrogens is 1. The van der Waals surface area contributed by atoms with Crippen molar-refractivity contribution >= 4 is 11.3 Å². The van der Waals surface area contributed by atoms with Gasteiger partial charge in [-0.05, 0) is 82.8 Å². The van der Waals surface area contributed by atoms with Gasteiger partial charge in [-0.2, -0.15) is 0 Å². The summed E-state index contributed by atoms with van der Waals surface area (Å²) in [7, 11) is 0. The Bertz CT molecular complexity index is 829. The topological polar surface area (TPSA) is 48.1 Å². The summed E-state index contributed by atoms with van der Waals surface area (Å²) in [4.78, 5) is 4.80. The van der Waals surface area contributed by atoms with Crippen molar-refractivity contribution in [1.29, 1.82) is 0 Å². The van der Waals surface area contributed by atoms with E-state index in [-0.39, 0.29) is 35.2 Å². The number of rotatable bonds is 2. The molecule has 1 aromatic rings. The molecule has 1 unspecified atom stereocenters. The number of ether oxygens (including phenoxy) is 1. The molecule has 1 saturated heterocycles. The van der Waals surface area contributed by atoms with Gasteiger partial charge >= 0.3 is 0 Å². The maximum Gasteiger partial charge on any atom is 0.0891 e. The van der Waals surface area contributed by atoms with Crippen molar-refractivity contribution in [1.82, 2.24) is 4.98 Å². The Kier molecular flexibility index (Phi) is 3.38. The third kappa shape index (κ3) is 4.25. The SMILES string of the molecule is [2H]C1=C(c2nc(C3CC(C)(C)OC(C)(C)C3)ccc2N)C([2H])([2H])CC(C)(C)C1[2H]. The second kappa shape index (κ2) is 6.12. The second-order valence-electron chi connectivity index (χ2n) is 9.41.